The van der Waals surface area contributed by atoms with Gasteiger partial charge in [-0.05, 0) is 79.3 Å². The molecule has 2 N–H and O–H groups in total. The topological polar surface area (TPSA) is 114 Å². The maximum absolute atomic E-state index is 14.2. The molecule has 0 bridgehead atoms. The number of aromatic nitrogens is 2. The second kappa shape index (κ2) is 11.0. The van der Waals surface area contributed by atoms with E-state index in [1.54, 1.807) is 24.3 Å². The number of para-hydroxylation sites is 1. The third-order valence-corrected chi connectivity index (χ3v) is 10.1. The minimum atomic E-state index is -4.23. The van der Waals surface area contributed by atoms with Crippen molar-refractivity contribution in [1.82, 2.24) is 9.55 Å². The lowest BCUT2D eigenvalue weighted by molar-refractivity contribution is 0.436. The molecule has 6 aromatic rings. The number of aryl methyl sites for hydroxylation is 2. The number of rotatable bonds is 6. The van der Waals surface area contributed by atoms with Crippen molar-refractivity contribution in [2.24, 2.45) is 4.99 Å². The minimum absolute atomic E-state index is 0.107. The molecule has 1 aliphatic carbocycles. The molecule has 0 saturated carbocycles. The second-order valence-corrected chi connectivity index (χ2v) is 13.2. The molecule has 7 rings (SSSR count). The summed E-state index contributed by atoms with van der Waals surface area (Å²) in [4.78, 5) is 22.9. The van der Waals surface area contributed by atoms with Gasteiger partial charge in [0, 0.05) is 17.0 Å². The van der Waals surface area contributed by atoms with Crippen molar-refractivity contribution >= 4 is 59.4 Å². The average Bonchev–Trinajstić information content (AvgIpc) is 3.46. The van der Waals surface area contributed by atoms with E-state index in [9.17, 15) is 22.7 Å². The quantitative estimate of drug-likeness (QED) is 0.196. The summed E-state index contributed by atoms with van der Waals surface area (Å²) >= 11 is 1.45. The number of hydrogen-bond acceptors (Lipinski definition) is 7. The van der Waals surface area contributed by atoms with Crippen LogP contribution in [0.4, 0.5) is 15.2 Å². The van der Waals surface area contributed by atoms with Gasteiger partial charge in [0.05, 0.1) is 32.1 Å². The van der Waals surface area contributed by atoms with Crippen LogP contribution in [0.1, 0.15) is 29.5 Å². The van der Waals surface area contributed by atoms with Crippen LogP contribution in [0, 0.1) is 5.82 Å². The van der Waals surface area contributed by atoms with Gasteiger partial charge in [-0.2, -0.15) is 0 Å². The zero-order valence-electron chi connectivity index (χ0n) is 23.2. The highest BCUT2D eigenvalue weighted by atomic mass is 32.2. The predicted octanol–water partition coefficient (Wildman–Crippen LogP) is 6.88. The Labute approximate surface area is 255 Å². The normalized spacial score (nSPS) is 13.5. The maximum atomic E-state index is 14.2. The van der Waals surface area contributed by atoms with Crippen molar-refractivity contribution in [3.05, 3.63) is 118 Å². The molecule has 4 aromatic carbocycles. The number of halogens is 1. The van der Waals surface area contributed by atoms with Crippen LogP contribution < -0.4 is 10.3 Å². The van der Waals surface area contributed by atoms with Gasteiger partial charge in [-0.3, -0.25) is 9.52 Å². The molecule has 2 heterocycles. The van der Waals surface area contributed by atoms with E-state index in [4.69, 9.17) is 4.98 Å². The van der Waals surface area contributed by atoms with Gasteiger partial charge in [-0.15, -0.1) is 0 Å². The van der Waals surface area contributed by atoms with Crippen molar-refractivity contribution < 1.29 is 17.9 Å². The van der Waals surface area contributed by atoms with E-state index in [0.717, 1.165) is 40.1 Å². The van der Waals surface area contributed by atoms with Crippen LogP contribution in [0.15, 0.2) is 99.6 Å². The van der Waals surface area contributed by atoms with Crippen LogP contribution >= 0.6 is 11.3 Å². The van der Waals surface area contributed by atoms with Crippen molar-refractivity contribution in [3.8, 4) is 11.6 Å². The molecular formula is C33H25FN4O4S2. The fourth-order valence-electron chi connectivity index (χ4n) is 5.65. The lowest BCUT2D eigenvalue weighted by atomic mass is 9.91. The van der Waals surface area contributed by atoms with Gasteiger partial charge in [-0.25, -0.2) is 27.4 Å². The lowest BCUT2D eigenvalue weighted by Gasteiger charge is -2.15. The molecule has 0 spiro atoms. The Bertz CT molecular complexity index is 2290. The van der Waals surface area contributed by atoms with Crippen molar-refractivity contribution in [2.75, 3.05) is 4.72 Å². The highest BCUT2D eigenvalue weighted by Gasteiger charge is 2.21. The smallest absolute Gasteiger partial charge is 0.265 e. The standard InChI is InChI=1S/C33H25FN4O4S2/c34-27-14-5-6-15-28(27)37-44(41,42)22-10-7-9-21(18-22)38-31(39)25-13-4-3-12-24(25)26(32(38)40)19-35-33-36-30-23-11-2-1-8-20(23)16-17-29(30)43-33/h3-7,9-10,12-19,37,40H,1-2,8,11H2/b35-19+. The SMILES string of the molecule is O=c1c2ccccc2c(/C=N/c2nc3c4c(ccc3s2)CCCC4)c(O)n1-c1cccc(S(=O)(=O)Nc2ccccc2F)c1. The van der Waals surface area contributed by atoms with Crippen molar-refractivity contribution in [1.29, 1.82) is 0 Å². The molecule has 0 radical (unpaired) electrons. The number of thiazole rings is 1. The van der Waals surface area contributed by atoms with Crippen molar-refractivity contribution in [3.63, 3.8) is 0 Å². The first-order valence-corrected chi connectivity index (χ1v) is 16.3. The predicted molar refractivity (Wildman–Crippen MR) is 172 cm³/mol. The van der Waals surface area contributed by atoms with Gasteiger partial charge >= 0.3 is 0 Å². The fraction of sp³-hybridized carbons (Fsp3) is 0.121. The van der Waals surface area contributed by atoms with Gasteiger partial charge in [0.15, 0.2) is 0 Å². The molecule has 2 aromatic heterocycles. The average molecular weight is 625 g/mol. The number of aromatic hydroxyl groups is 1. The number of fused-ring (bicyclic) bond motifs is 4. The maximum Gasteiger partial charge on any atom is 0.265 e. The zero-order chi connectivity index (χ0) is 30.4. The Morgan fingerprint density at radius 1 is 0.955 bits per heavy atom. The molecule has 0 fully saturated rings. The van der Waals surface area contributed by atoms with Crippen LogP contribution in [0.2, 0.25) is 0 Å². The van der Waals surface area contributed by atoms with E-state index in [2.05, 4.69) is 21.8 Å². The molecule has 1 aliphatic rings. The molecule has 0 amide bonds. The molecule has 11 heteroatoms. The number of nitrogens with one attached hydrogen (secondary N) is 1. The second-order valence-electron chi connectivity index (χ2n) is 10.5. The third-order valence-electron chi connectivity index (χ3n) is 7.79. The molecule has 8 nitrogen and oxygen atoms in total. The number of sulfonamides is 1. The monoisotopic (exact) mass is 624 g/mol. The Morgan fingerprint density at radius 3 is 2.57 bits per heavy atom. The highest BCUT2D eigenvalue weighted by Crippen LogP contribution is 2.35. The molecule has 0 saturated heterocycles. The summed E-state index contributed by atoms with van der Waals surface area (Å²) in [6, 6.07) is 22.0. The minimum Gasteiger partial charge on any atom is -0.494 e. The lowest BCUT2D eigenvalue weighted by Crippen LogP contribution is -2.21. The zero-order valence-corrected chi connectivity index (χ0v) is 24.8. The molecule has 0 atom stereocenters. The Balaban J connectivity index is 1.32. The molecule has 0 aliphatic heterocycles. The number of anilines is 1. The van der Waals surface area contributed by atoms with E-state index in [-0.39, 0.29) is 21.8 Å². The summed E-state index contributed by atoms with van der Waals surface area (Å²) < 4.78 is 44.8. The first-order valence-electron chi connectivity index (χ1n) is 14.0. The highest BCUT2D eigenvalue weighted by molar-refractivity contribution is 7.92. The summed E-state index contributed by atoms with van der Waals surface area (Å²) in [5, 5.41) is 12.8. The fourth-order valence-corrected chi connectivity index (χ4v) is 7.60. The molecule has 220 valence electrons. The summed E-state index contributed by atoms with van der Waals surface area (Å²) in [6.07, 6.45) is 5.82. The van der Waals surface area contributed by atoms with Gasteiger partial charge < -0.3 is 5.11 Å². The molecular weight excluding hydrogens is 600 g/mol. The largest absolute Gasteiger partial charge is 0.494 e. The van der Waals surface area contributed by atoms with Gasteiger partial charge in [-0.1, -0.05) is 53.8 Å². The van der Waals surface area contributed by atoms with E-state index in [1.165, 1.54) is 77.6 Å². The van der Waals surface area contributed by atoms with Gasteiger partial charge in [0.25, 0.3) is 15.6 Å². The first kappa shape index (κ1) is 27.9. The van der Waals surface area contributed by atoms with Gasteiger partial charge in [0.2, 0.25) is 11.0 Å². The number of pyridine rings is 1. The molecule has 0 unspecified atom stereocenters. The van der Waals surface area contributed by atoms with Gasteiger partial charge in [0.1, 0.15) is 5.82 Å². The van der Waals surface area contributed by atoms with E-state index in [0.29, 0.717) is 15.9 Å². The van der Waals surface area contributed by atoms with Crippen LogP contribution in [0.3, 0.4) is 0 Å². The summed E-state index contributed by atoms with van der Waals surface area (Å²) in [7, 11) is -4.23. The number of nitrogens with zero attached hydrogens (tertiary/aromatic N) is 3. The van der Waals surface area contributed by atoms with Crippen molar-refractivity contribution in [2.45, 2.75) is 30.6 Å². The van der Waals surface area contributed by atoms with E-state index in [1.807, 2.05) is 0 Å². The van der Waals surface area contributed by atoms with E-state index < -0.39 is 27.3 Å². The first-order chi connectivity index (χ1) is 21.3. The van der Waals surface area contributed by atoms with E-state index >= 15 is 0 Å². The van der Waals surface area contributed by atoms with Crippen LogP contribution in [-0.4, -0.2) is 29.3 Å². The third kappa shape index (κ3) is 4.93. The number of benzene rings is 4. The Kier molecular flexibility index (Phi) is 6.98. The number of aliphatic imine (C=N–C) groups is 1. The summed E-state index contributed by atoms with van der Waals surface area (Å²) in [5.74, 6) is -1.14. The molecule has 44 heavy (non-hydrogen) atoms. The Hall–Kier alpha value is -4.87. The summed E-state index contributed by atoms with van der Waals surface area (Å²) in [6.45, 7) is 0. The number of hydrogen-bond donors (Lipinski definition) is 2. The Morgan fingerprint density at radius 2 is 1.73 bits per heavy atom. The van der Waals surface area contributed by atoms with Crippen LogP contribution in [0.25, 0.3) is 26.7 Å². The summed E-state index contributed by atoms with van der Waals surface area (Å²) in [5.41, 5.74) is 3.19. The van der Waals surface area contributed by atoms with Crippen LogP contribution in [-0.2, 0) is 22.9 Å². The van der Waals surface area contributed by atoms with Crippen LogP contribution in [0.5, 0.6) is 5.88 Å².